The zero-order valence-corrected chi connectivity index (χ0v) is 13.1. The minimum absolute atomic E-state index is 0.344. The number of likely N-dealkylation sites (tertiary alicyclic amines) is 1. The number of hydrogen-bond acceptors (Lipinski definition) is 4. The number of nitrogens with zero attached hydrogens (tertiary/aromatic N) is 2. The highest BCUT2D eigenvalue weighted by atomic mass is 16.5. The zero-order valence-electron chi connectivity index (χ0n) is 13.1. The Bertz CT molecular complexity index is 277. The molecule has 0 bridgehead atoms. The van der Waals surface area contributed by atoms with Crippen molar-refractivity contribution in [3.63, 3.8) is 0 Å². The van der Waals surface area contributed by atoms with E-state index in [0.717, 1.165) is 32.2 Å². The third kappa shape index (κ3) is 3.69. The average molecular weight is 269 g/mol. The van der Waals surface area contributed by atoms with Crippen molar-refractivity contribution in [3.8, 4) is 0 Å². The smallest absolute Gasteiger partial charge is 0.0547 e. The minimum Gasteiger partial charge on any atom is -0.381 e. The Labute approximate surface area is 118 Å². The van der Waals surface area contributed by atoms with E-state index in [9.17, 15) is 0 Å². The first-order valence-corrected chi connectivity index (χ1v) is 7.73. The predicted molar refractivity (Wildman–Crippen MR) is 79.5 cm³/mol. The lowest BCUT2D eigenvalue weighted by molar-refractivity contribution is 0.115. The van der Waals surface area contributed by atoms with E-state index >= 15 is 0 Å². The summed E-state index contributed by atoms with van der Waals surface area (Å²) < 4.78 is 5.69. The molecule has 4 nitrogen and oxygen atoms in total. The molecule has 112 valence electrons. The molecule has 4 heteroatoms. The molecule has 0 aromatic carbocycles. The van der Waals surface area contributed by atoms with E-state index in [1.807, 2.05) is 0 Å². The molecule has 0 amide bonds. The van der Waals surface area contributed by atoms with Gasteiger partial charge in [-0.1, -0.05) is 13.8 Å². The molecule has 0 radical (unpaired) electrons. The molecule has 2 aliphatic rings. The Hall–Kier alpha value is -0.160. The van der Waals surface area contributed by atoms with Crippen LogP contribution in [0.15, 0.2) is 0 Å². The van der Waals surface area contributed by atoms with Crippen LogP contribution >= 0.6 is 0 Å². The first-order valence-electron chi connectivity index (χ1n) is 7.73. The maximum absolute atomic E-state index is 5.69. The molecule has 0 aromatic rings. The Kier molecular flexibility index (Phi) is 5.23. The van der Waals surface area contributed by atoms with Crippen molar-refractivity contribution in [2.24, 2.45) is 11.3 Å². The lowest BCUT2D eigenvalue weighted by atomic mass is 9.86. The highest BCUT2D eigenvalue weighted by molar-refractivity contribution is 4.93. The molecule has 2 heterocycles. The van der Waals surface area contributed by atoms with Gasteiger partial charge < -0.3 is 19.9 Å². The van der Waals surface area contributed by atoms with Crippen LogP contribution in [0, 0.1) is 11.3 Å². The summed E-state index contributed by atoms with van der Waals surface area (Å²) in [5, 5.41) is 3.53. The highest BCUT2D eigenvalue weighted by Crippen LogP contribution is 2.31. The van der Waals surface area contributed by atoms with Gasteiger partial charge in [-0.3, -0.25) is 0 Å². The van der Waals surface area contributed by atoms with Crippen molar-refractivity contribution in [2.45, 2.75) is 26.3 Å². The van der Waals surface area contributed by atoms with Gasteiger partial charge in [-0.05, 0) is 33.0 Å². The molecule has 0 spiro atoms. The van der Waals surface area contributed by atoms with E-state index in [1.54, 1.807) is 0 Å². The van der Waals surface area contributed by atoms with Crippen LogP contribution in [0.1, 0.15) is 20.3 Å². The average Bonchev–Trinajstić information content (AvgIpc) is 2.95. The van der Waals surface area contributed by atoms with E-state index in [-0.39, 0.29) is 0 Å². The van der Waals surface area contributed by atoms with Gasteiger partial charge in [0.2, 0.25) is 0 Å². The van der Waals surface area contributed by atoms with E-state index in [2.05, 4.69) is 43.1 Å². The zero-order chi connectivity index (χ0) is 13.9. The maximum Gasteiger partial charge on any atom is 0.0547 e. The van der Waals surface area contributed by atoms with Crippen molar-refractivity contribution >= 4 is 0 Å². The SMILES string of the molecule is CCNCC1(CN2CC(C)C(N(C)C)C2)CCOC1. The molecular weight excluding hydrogens is 238 g/mol. The lowest BCUT2D eigenvalue weighted by Gasteiger charge is -2.32. The third-order valence-corrected chi connectivity index (χ3v) is 4.81. The topological polar surface area (TPSA) is 27.7 Å². The van der Waals surface area contributed by atoms with Crippen LogP contribution < -0.4 is 5.32 Å². The van der Waals surface area contributed by atoms with Gasteiger partial charge in [0.15, 0.2) is 0 Å². The predicted octanol–water partition coefficient (Wildman–Crippen LogP) is 0.885. The molecule has 2 fully saturated rings. The van der Waals surface area contributed by atoms with Gasteiger partial charge in [-0.15, -0.1) is 0 Å². The van der Waals surface area contributed by atoms with Crippen LogP contribution in [0.25, 0.3) is 0 Å². The number of ether oxygens (including phenoxy) is 1. The molecule has 3 atom stereocenters. The second-order valence-corrected chi connectivity index (χ2v) is 6.79. The molecule has 2 saturated heterocycles. The van der Waals surface area contributed by atoms with E-state index in [4.69, 9.17) is 4.74 Å². The van der Waals surface area contributed by atoms with Crippen LogP contribution in [0.2, 0.25) is 0 Å². The summed E-state index contributed by atoms with van der Waals surface area (Å²) in [7, 11) is 4.41. The molecule has 2 aliphatic heterocycles. The molecular formula is C15H31N3O. The van der Waals surface area contributed by atoms with Crippen molar-refractivity contribution in [1.82, 2.24) is 15.1 Å². The fraction of sp³-hybridized carbons (Fsp3) is 1.00. The van der Waals surface area contributed by atoms with Crippen molar-refractivity contribution in [3.05, 3.63) is 0 Å². The van der Waals surface area contributed by atoms with Crippen molar-refractivity contribution < 1.29 is 4.74 Å². The Balaban J connectivity index is 1.91. The summed E-state index contributed by atoms with van der Waals surface area (Å²) in [5.74, 6) is 0.772. The summed E-state index contributed by atoms with van der Waals surface area (Å²) in [5.41, 5.74) is 0.344. The number of hydrogen-bond donors (Lipinski definition) is 1. The van der Waals surface area contributed by atoms with Crippen LogP contribution in [0.4, 0.5) is 0 Å². The number of rotatable bonds is 6. The van der Waals surface area contributed by atoms with Gasteiger partial charge in [0, 0.05) is 44.2 Å². The Morgan fingerprint density at radius 3 is 2.68 bits per heavy atom. The van der Waals surface area contributed by atoms with Gasteiger partial charge >= 0.3 is 0 Å². The van der Waals surface area contributed by atoms with Crippen LogP contribution in [0.5, 0.6) is 0 Å². The van der Waals surface area contributed by atoms with E-state index in [1.165, 1.54) is 26.1 Å². The second kappa shape index (κ2) is 6.53. The second-order valence-electron chi connectivity index (χ2n) is 6.79. The normalized spacial score (nSPS) is 36.5. The first-order chi connectivity index (χ1) is 9.06. The molecule has 19 heavy (non-hydrogen) atoms. The van der Waals surface area contributed by atoms with Gasteiger partial charge in [0.05, 0.1) is 6.61 Å². The summed E-state index contributed by atoms with van der Waals surface area (Å²) in [6, 6.07) is 0.707. The molecule has 3 unspecified atom stereocenters. The number of nitrogens with one attached hydrogen (secondary N) is 1. The van der Waals surface area contributed by atoms with Crippen LogP contribution in [-0.2, 0) is 4.74 Å². The van der Waals surface area contributed by atoms with E-state index in [0.29, 0.717) is 11.5 Å². The molecule has 0 aromatic heterocycles. The monoisotopic (exact) mass is 269 g/mol. The highest BCUT2D eigenvalue weighted by Gasteiger charge is 2.40. The minimum atomic E-state index is 0.344. The summed E-state index contributed by atoms with van der Waals surface area (Å²) in [6.07, 6.45) is 1.21. The summed E-state index contributed by atoms with van der Waals surface area (Å²) in [4.78, 5) is 5.04. The molecule has 2 rings (SSSR count). The quantitative estimate of drug-likeness (QED) is 0.775. The summed E-state index contributed by atoms with van der Waals surface area (Å²) >= 11 is 0. The van der Waals surface area contributed by atoms with Crippen molar-refractivity contribution in [2.75, 3.05) is 60.0 Å². The maximum atomic E-state index is 5.69. The van der Waals surface area contributed by atoms with Crippen LogP contribution in [0.3, 0.4) is 0 Å². The third-order valence-electron chi connectivity index (χ3n) is 4.81. The van der Waals surface area contributed by atoms with Gasteiger partial charge in [0.1, 0.15) is 0 Å². The van der Waals surface area contributed by atoms with Crippen molar-refractivity contribution in [1.29, 1.82) is 0 Å². The van der Waals surface area contributed by atoms with Crippen LogP contribution in [-0.4, -0.2) is 75.9 Å². The van der Waals surface area contributed by atoms with Gasteiger partial charge in [-0.2, -0.15) is 0 Å². The largest absolute Gasteiger partial charge is 0.381 e. The molecule has 1 N–H and O–H groups in total. The first kappa shape index (κ1) is 15.2. The molecule has 0 aliphatic carbocycles. The fourth-order valence-electron chi connectivity index (χ4n) is 3.68. The van der Waals surface area contributed by atoms with Gasteiger partial charge in [-0.25, -0.2) is 0 Å². The van der Waals surface area contributed by atoms with E-state index < -0.39 is 0 Å². The fourth-order valence-corrected chi connectivity index (χ4v) is 3.68. The molecule has 0 saturated carbocycles. The summed E-state index contributed by atoms with van der Waals surface area (Å²) in [6.45, 7) is 12.2. The Morgan fingerprint density at radius 1 is 1.37 bits per heavy atom. The Morgan fingerprint density at radius 2 is 2.16 bits per heavy atom. The standard InChI is InChI=1S/C15H31N3O/c1-5-16-10-15(6-7-19-12-15)11-18-8-13(2)14(9-18)17(3)4/h13-14,16H,5-12H2,1-4H3. The van der Waals surface area contributed by atoms with Gasteiger partial charge in [0.25, 0.3) is 0 Å². The number of likely N-dealkylation sites (N-methyl/N-ethyl adjacent to an activating group) is 1. The lowest BCUT2D eigenvalue weighted by Crippen LogP contribution is -2.45.